The molecule has 4 aromatic rings. The van der Waals surface area contributed by atoms with Gasteiger partial charge in [0.05, 0.1) is 0 Å². The third-order valence-electron chi connectivity index (χ3n) is 5.27. The van der Waals surface area contributed by atoms with Crippen LogP contribution in [0.15, 0.2) is 63.3 Å². The predicted molar refractivity (Wildman–Crippen MR) is 137 cm³/mol. The highest BCUT2D eigenvalue weighted by molar-refractivity contribution is 7.98. The maximum absolute atomic E-state index is 12.9. The SMILES string of the molecule is CSc1nnc(CCCNC(=O)c2ccccc2CSc2nc3ccccc3o2)n1CC(C)C. The van der Waals surface area contributed by atoms with Crippen LogP contribution in [0.4, 0.5) is 0 Å². The lowest BCUT2D eigenvalue weighted by Crippen LogP contribution is -2.26. The minimum atomic E-state index is -0.0674. The zero-order valence-electron chi connectivity index (χ0n) is 19.7. The molecule has 0 aliphatic heterocycles. The van der Waals surface area contributed by atoms with Crippen LogP contribution in [0.3, 0.4) is 0 Å². The molecule has 0 aliphatic carbocycles. The van der Waals surface area contributed by atoms with E-state index in [9.17, 15) is 4.79 Å². The fourth-order valence-corrected chi connectivity index (χ4v) is 5.03. The average molecular weight is 496 g/mol. The molecule has 4 rings (SSSR count). The smallest absolute Gasteiger partial charge is 0.257 e. The van der Waals surface area contributed by atoms with Gasteiger partial charge in [0, 0.05) is 30.8 Å². The van der Waals surface area contributed by atoms with Crippen molar-refractivity contribution in [3.05, 3.63) is 65.5 Å². The molecule has 1 amide bonds. The van der Waals surface area contributed by atoms with Gasteiger partial charge in [0.1, 0.15) is 11.3 Å². The van der Waals surface area contributed by atoms with E-state index in [0.29, 0.717) is 29.0 Å². The second-order valence-electron chi connectivity index (χ2n) is 8.36. The number of benzene rings is 2. The average Bonchev–Trinajstić information content (AvgIpc) is 3.43. The Morgan fingerprint density at radius 1 is 1.12 bits per heavy atom. The zero-order valence-corrected chi connectivity index (χ0v) is 21.3. The van der Waals surface area contributed by atoms with Crippen molar-refractivity contribution < 1.29 is 9.21 Å². The normalized spacial score (nSPS) is 11.4. The molecule has 0 fully saturated rings. The van der Waals surface area contributed by atoms with E-state index < -0.39 is 0 Å². The highest BCUT2D eigenvalue weighted by Crippen LogP contribution is 2.27. The summed E-state index contributed by atoms with van der Waals surface area (Å²) in [4.78, 5) is 17.4. The number of hydrogen-bond acceptors (Lipinski definition) is 7. The van der Waals surface area contributed by atoms with Gasteiger partial charge in [-0.2, -0.15) is 0 Å². The summed E-state index contributed by atoms with van der Waals surface area (Å²) < 4.78 is 7.98. The Labute approximate surface area is 208 Å². The molecule has 7 nitrogen and oxygen atoms in total. The Hall–Kier alpha value is -2.78. The highest BCUT2D eigenvalue weighted by Gasteiger charge is 2.15. The Kier molecular flexibility index (Phi) is 8.29. The van der Waals surface area contributed by atoms with Crippen molar-refractivity contribution in [2.24, 2.45) is 5.92 Å². The quantitative estimate of drug-likeness (QED) is 0.219. The van der Waals surface area contributed by atoms with Gasteiger partial charge in [-0.15, -0.1) is 10.2 Å². The summed E-state index contributed by atoms with van der Waals surface area (Å²) in [6, 6.07) is 15.4. The first-order valence-electron chi connectivity index (χ1n) is 11.4. The molecule has 0 atom stereocenters. The van der Waals surface area contributed by atoms with Gasteiger partial charge >= 0.3 is 0 Å². The number of hydrogen-bond donors (Lipinski definition) is 1. The van der Waals surface area contributed by atoms with Crippen molar-refractivity contribution in [2.75, 3.05) is 12.8 Å². The fraction of sp³-hybridized carbons (Fsp3) is 0.360. The number of thioether (sulfide) groups is 2. The van der Waals surface area contributed by atoms with Gasteiger partial charge < -0.3 is 14.3 Å². The molecule has 34 heavy (non-hydrogen) atoms. The fourth-order valence-electron chi connectivity index (χ4n) is 3.67. The summed E-state index contributed by atoms with van der Waals surface area (Å²) in [6.45, 7) is 5.85. The molecule has 0 saturated carbocycles. The van der Waals surface area contributed by atoms with Gasteiger partial charge in [0.25, 0.3) is 11.1 Å². The Morgan fingerprint density at radius 2 is 1.91 bits per heavy atom. The molecule has 0 spiro atoms. The molecule has 9 heteroatoms. The van der Waals surface area contributed by atoms with Crippen molar-refractivity contribution in [3.8, 4) is 0 Å². The van der Waals surface area contributed by atoms with Crippen molar-refractivity contribution in [3.63, 3.8) is 0 Å². The minimum absolute atomic E-state index is 0.0674. The number of carbonyl (C=O) groups is 1. The van der Waals surface area contributed by atoms with Crippen LogP contribution in [-0.2, 0) is 18.7 Å². The Morgan fingerprint density at radius 3 is 2.71 bits per heavy atom. The number of nitrogens with zero attached hydrogens (tertiary/aromatic N) is 4. The van der Waals surface area contributed by atoms with Crippen LogP contribution in [0, 0.1) is 5.92 Å². The summed E-state index contributed by atoms with van der Waals surface area (Å²) in [7, 11) is 0. The largest absolute Gasteiger partial charge is 0.431 e. The van der Waals surface area contributed by atoms with Gasteiger partial charge in [-0.05, 0) is 42.4 Å². The van der Waals surface area contributed by atoms with Gasteiger partial charge in [-0.3, -0.25) is 4.79 Å². The molecular formula is C25H29N5O2S2. The van der Waals surface area contributed by atoms with Crippen molar-refractivity contribution in [1.29, 1.82) is 0 Å². The topological polar surface area (TPSA) is 85.8 Å². The summed E-state index contributed by atoms with van der Waals surface area (Å²) in [5.41, 5.74) is 3.24. The molecular weight excluding hydrogens is 466 g/mol. The highest BCUT2D eigenvalue weighted by atomic mass is 32.2. The molecule has 2 aromatic carbocycles. The predicted octanol–water partition coefficient (Wildman–Crippen LogP) is 5.45. The van der Waals surface area contributed by atoms with E-state index in [4.69, 9.17) is 4.42 Å². The Balaban J connectivity index is 1.32. The molecule has 0 unspecified atom stereocenters. The lowest BCUT2D eigenvalue weighted by Gasteiger charge is -2.12. The number of aromatic nitrogens is 4. The second-order valence-corrected chi connectivity index (χ2v) is 10.1. The molecule has 178 valence electrons. The van der Waals surface area contributed by atoms with Crippen LogP contribution in [-0.4, -0.2) is 38.5 Å². The maximum atomic E-state index is 12.9. The van der Waals surface area contributed by atoms with E-state index in [1.165, 1.54) is 11.8 Å². The lowest BCUT2D eigenvalue weighted by molar-refractivity contribution is 0.0952. The van der Waals surface area contributed by atoms with Crippen LogP contribution in [0.25, 0.3) is 11.1 Å². The number of carbonyl (C=O) groups excluding carboxylic acids is 1. The van der Waals surface area contributed by atoms with Gasteiger partial charge in [-0.1, -0.05) is 67.7 Å². The molecule has 1 N–H and O–H groups in total. The Bertz CT molecular complexity index is 1220. The van der Waals surface area contributed by atoms with E-state index in [1.54, 1.807) is 11.8 Å². The number of rotatable bonds is 11. The zero-order chi connectivity index (χ0) is 23.9. The summed E-state index contributed by atoms with van der Waals surface area (Å²) in [5, 5.41) is 13.3. The van der Waals surface area contributed by atoms with E-state index in [-0.39, 0.29) is 5.91 Å². The molecule has 0 saturated heterocycles. The number of oxazole rings is 1. The first kappa shape index (κ1) is 24.3. The first-order chi connectivity index (χ1) is 16.5. The van der Waals surface area contributed by atoms with E-state index >= 15 is 0 Å². The molecule has 2 heterocycles. The van der Waals surface area contributed by atoms with E-state index in [2.05, 4.69) is 38.9 Å². The van der Waals surface area contributed by atoms with Crippen LogP contribution in [0.1, 0.15) is 42.0 Å². The monoisotopic (exact) mass is 495 g/mol. The lowest BCUT2D eigenvalue weighted by atomic mass is 10.1. The van der Waals surface area contributed by atoms with Crippen molar-refractivity contribution >= 4 is 40.5 Å². The van der Waals surface area contributed by atoms with Crippen LogP contribution in [0.5, 0.6) is 0 Å². The number of fused-ring (bicyclic) bond motifs is 1. The molecule has 0 radical (unpaired) electrons. The second kappa shape index (κ2) is 11.6. The van der Waals surface area contributed by atoms with Crippen LogP contribution < -0.4 is 5.32 Å². The van der Waals surface area contributed by atoms with E-state index in [1.807, 2.05) is 54.8 Å². The van der Waals surface area contributed by atoms with E-state index in [0.717, 1.165) is 47.0 Å². The van der Waals surface area contributed by atoms with Gasteiger partial charge in [0.2, 0.25) is 0 Å². The number of nitrogens with one attached hydrogen (secondary N) is 1. The standard InChI is InChI=1S/C25H29N5O2S2/c1-17(2)15-30-22(28-29-24(30)33-3)13-8-14-26-23(31)19-10-5-4-9-18(19)16-34-25-27-20-11-6-7-12-21(20)32-25/h4-7,9-12,17H,8,13-16H2,1-3H3,(H,26,31). The number of aryl methyl sites for hydroxylation is 1. The van der Waals surface area contributed by atoms with Crippen LogP contribution in [0.2, 0.25) is 0 Å². The summed E-state index contributed by atoms with van der Waals surface area (Å²) in [5.74, 6) is 2.03. The summed E-state index contributed by atoms with van der Waals surface area (Å²) >= 11 is 3.10. The van der Waals surface area contributed by atoms with Crippen molar-refractivity contribution in [1.82, 2.24) is 25.1 Å². The molecule has 2 aromatic heterocycles. The van der Waals surface area contributed by atoms with Gasteiger partial charge in [-0.25, -0.2) is 4.98 Å². The number of amides is 1. The van der Waals surface area contributed by atoms with Crippen LogP contribution >= 0.6 is 23.5 Å². The number of para-hydroxylation sites is 2. The molecule has 0 bridgehead atoms. The third-order valence-corrected chi connectivity index (χ3v) is 6.82. The van der Waals surface area contributed by atoms with Gasteiger partial charge in [0.15, 0.2) is 10.7 Å². The maximum Gasteiger partial charge on any atom is 0.257 e. The third kappa shape index (κ3) is 6.01. The van der Waals surface area contributed by atoms with Crippen molar-refractivity contribution in [2.45, 2.75) is 49.4 Å². The summed E-state index contributed by atoms with van der Waals surface area (Å²) in [6.07, 6.45) is 3.59. The minimum Gasteiger partial charge on any atom is -0.431 e. The molecule has 0 aliphatic rings. The first-order valence-corrected chi connectivity index (χ1v) is 13.6.